The van der Waals surface area contributed by atoms with Gasteiger partial charge in [0.1, 0.15) is 6.10 Å². The second-order valence-electron chi connectivity index (χ2n) is 15.0. The number of carbonyl (C=O) groups is 3. The fourth-order valence-electron chi connectivity index (χ4n) is 6.29. The predicted molar refractivity (Wildman–Crippen MR) is 212 cm³/mol. The molecule has 3 unspecified atom stereocenters. The van der Waals surface area contributed by atoms with E-state index in [1.165, 1.54) is 44.9 Å². The SMILES string of the molecule is C=C=C=CC(CCCC)CCOC(=O)CCCCCCCCCC(CCCCCCCCCC(=O)OCCC(C)CCCC)OC(=O)CN(C)C. The summed E-state index contributed by atoms with van der Waals surface area (Å²) in [6, 6.07) is 0. The van der Waals surface area contributed by atoms with E-state index in [2.05, 4.69) is 38.8 Å². The second kappa shape index (κ2) is 36.0. The lowest BCUT2D eigenvalue weighted by Gasteiger charge is -2.19. The van der Waals surface area contributed by atoms with Gasteiger partial charge in [0, 0.05) is 12.8 Å². The highest BCUT2D eigenvalue weighted by molar-refractivity contribution is 5.71. The molecular weight excluding hydrogens is 638 g/mol. The topological polar surface area (TPSA) is 82.1 Å². The van der Waals surface area contributed by atoms with E-state index >= 15 is 0 Å². The minimum atomic E-state index is -0.133. The van der Waals surface area contributed by atoms with E-state index < -0.39 is 0 Å². The van der Waals surface area contributed by atoms with Crippen molar-refractivity contribution in [3.63, 3.8) is 0 Å². The lowest BCUT2D eigenvalue weighted by Crippen LogP contribution is -2.27. The predicted octanol–water partition coefficient (Wildman–Crippen LogP) is 11.5. The molecule has 3 atom stereocenters. The zero-order valence-corrected chi connectivity index (χ0v) is 33.9. The van der Waals surface area contributed by atoms with E-state index in [9.17, 15) is 14.4 Å². The number of ether oxygens (including phenoxy) is 3. The van der Waals surface area contributed by atoms with Crippen molar-refractivity contribution in [3.8, 4) is 0 Å². The summed E-state index contributed by atoms with van der Waals surface area (Å²) < 4.78 is 16.8. The molecule has 0 fully saturated rings. The number of unbranched alkanes of at least 4 members (excludes halogenated alkanes) is 14. The third-order valence-electron chi connectivity index (χ3n) is 9.58. The van der Waals surface area contributed by atoms with Crippen LogP contribution in [0.25, 0.3) is 0 Å². The molecule has 0 amide bonds. The van der Waals surface area contributed by atoms with E-state index in [-0.39, 0.29) is 24.0 Å². The van der Waals surface area contributed by atoms with Crippen LogP contribution in [0.4, 0.5) is 0 Å². The number of hydrogen-bond acceptors (Lipinski definition) is 7. The first-order chi connectivity index (χ1) is 24.7. The van der Waals surface area contributed by atoms with Crippen molar-refractivity contribution < 1.29 is 28.6 Å². The van der Waals surface area contributed by atoms with Crippen LogP contribution in [0.15, 0.2) is 24.1 Å². The number of rotatable bonds is 36. The van der Waals surface area contributed by atoms with Gasteiger partial charge in [-0.1, -0.05) is 129 Å². The van der Waals surface area contributed by atoms with Crippen molar-refractivity contribution in [2.45, 2.75) is 194 Å². The maximum Gasteiger partial charge on any atom is 0.320 e. The van der Waals surface area contributed by atoms with Gasteiger partial charge in [0.25, 0.3) is 0 Å². The Hall–Kier alpha value is -2.33. The number of likely N-dealkylation sites (N-methyl/N-ethyl adjacent to an activating group) is 1. The molecule has 0 aliphatic carbocycles. The van der Waals surface area contributed by atoms with E-state index in [0.717, 1.165) is 109 Å². The maximum atomic E-state index is 12.4. The number of carbonyl (C=O) groups excluding carboxylic acids is 3. The first-order valence-corrected chi connectivity index (χ1v) is 21.0. The Morgan fingerprint density at radius 3 is 1.57 bits per heavy atom. The third-order valence-corrected chi connectivity index (χ3v) is 9.58. The average Bonchev–Trinajstić information content (AvgIpc) is 3.09. The Morgan fingerprint density at radius 2 is 1.08 bits per heavy atom. The Morgan fingerprint density at radius 1 is 0.608 bits per heavy atom. The molecule has 0 saturated carbocycles. The lowest BCUT2D eigenvalue weighted by molar-refractivity contribution is -0.150. The molecule has 0 aliphatic rings. The molecule has 0 aromatic carbocycles. The van der Waals surface area contributed by atoms with Crippen LogP contribution in [0, 0.1) is 11.8 Å². The van der Waals surface area contributed by atoms with Crippen molar-refractivity contribution >= 4 is 17.9 Å². The molecule has 7 nitrogen and oxygen atoms in total. The van der Waals surface area contributed by atoms with Gasteiger partial charge in [-0.25, -0.2) is 0 Å². The highest BCUT2D eigenvalue weighted by Gasteiger charge is 2.15. The van der Waals surface area contributed by atoms with Gasteiger partial charge in [0.2, 0.25) is 0 Å². The number of esters is 3. The molecule has 0 aromatic heterocycles. The number of allylic oxidation sites excluding steroid dienone is 1. The first-order valence-electron chi connectivity index (χ1n) is 21.0. The van der Waals surface area contributed by atoms with Crippen molar-refractivity contribution in [1.82, 2.24) is 4.90 Å². The first kappa shape index (κ1) is 48.7. The summed E-state index contributed by atoms with van der Waals surface area (Å²) in [5.74, 6) is 0.726. The molecule has 0 rings (SSSR count). The number of hydrogen-bond donors (Lipinski definition) is 0. The molecule has 0 bridgehead atoms. The third kappa shape index (κ3) is 34.5. The van der Waals surface area contributed by atoms with Crippen molar-refractivity contribution in [3.05, 3.63) is 24.1 Å². The second-order valence-corrected chi connectivity index (χ2v) is 15.0. The summed E-state index contributed by atoms with van der Waals surface area (Å²) in [6.45, 7) is 11.6. The smallest absolute Gasteiger partial charge is 0.320 e. The van der Waals surface area contributed by atoms with Gasteiger partial charge in [-0.2, -0.15) is 0 Å². The van der Waals surface area contributed by atoms with Gasteiger partial charge in [0.15, 0.2) is 0 Å². The van der Waals surface area contributed by atoms with Crippen LogP contribution in [0.1, 0.15) is 188 Å². The normalized spacial score (nSPS) is 12.8. The van der Waals surface area contributed by atoms with Crippen molar-refractivity contribution in [2.24, 2.45) is 11.8 Å². The molecule has 51 heavy (non-hydrogen) atoms. The quantitative estimate of drug-likeness (QED) is 0.0276. The van der Waals surface area contributed by atoms with Crippen molar-refractivity contribution in [2.75, 3.05) is 33.9 Å². The van der Waals surface area contributed by atoms with Crippen LogP contribution in [0.2, 0.25) is 0 Å². The molecule has 7 heteroatoms. The summed E-state index contributed by atoms with van der Waals surface area (Å²) in [7, 11) is 3.79. The molecule has 0 aromatic rings. The van der Waals surface area contributed by atoms with Gasteiger partial charge < -0.3 is 14.2 Å². The summed E-state index contributed by atoms with van der Waals surface area (Å²) in [5.41, 5.74) is 5.63. The Kier molecular flexibility index (Phi) is 34.4. The summed E-state index contributed by atoms with van der Waals surface area (Å²) in [6.07, 6.45) is 29.1. The summed E-state index contributed by atoms with van der Waals surface area (Å²) in [4.78, 5) is 38.4. The molecule has 0 saturated heterocycles. The zero-order valence-electron chi connectivity index (χ0n) is 33.9. The summed E-state index contributed by atoms with van der Waals surface area (Å²) >= 11 is 0. The Bertz CT molecular complexity index is 936. The van der Waals surface area contributed by atoms with Gasteiger partial charge >= 0.3 is 17.9 Å². The molecule has 0 spiro atoms. The van der Waals surface area contributed by atoms with E-state index in [4.69, 9.17) is 14.2 Å². The van der Waals surface area contributed by atoms with Gasteiger partial charge in [0.05, 0.1) is 19.8 Å². The van der Waals surface area contributed by atoms with Crippen LogP contribution in [0.5, 0.6) is 0 Å². The fraction of sp³-hybridized carbons (Fsp3) is 0.841. The maximum absolute atomic E-state index is 12.4. The molecule has 0 heterocycles. The average molecular weight is 718 g/mol. The van der Waals surface area contributed by atoms with E-state index in [0.29, 0.717) is 44.4 Å². The van der Waals surface area contributed by atoms with E-state index in [1.807, 2.05) is 25.1 Å². The molecule has 0 radical (unpaired) electrons. The van der Waals surface area contributed by atoms with Crippen LogP contribution >= 0.6 is 0 Å². The largest absolute Gasteiger partial charge is 0.466 e. The highest BCUT2D eigenvalue weighted by atomic mass is 16.5. The van der Waals surface area contributed by atoms with Gasteiger partial charge in [-0.15, -0.1) is 0 Å². The van der Waals surface area contributed by atoms with Crippen LogP contribution in [0.3, 0.4) is 0 Å². The molecular formula is C44H79NO6. The van der Waals surface area contributed by atoms with Crippen LogP contribution < -0.4 is 0 Å². The highest BCUT2D eigenvalue weighted by Crippen LogP contribution is 2.19. The number of nitrogens with zero attached hydrogens (tertiary/aromatic N) is 1. The minimum absolute atomic E-state index is 0.000467. The van der Waals surface area contributed by atoms with Crippen molar-refractivity contribution in [1.29, 1.82) is 0 Å². The van der Waals surface area contributed by atoms with Gasteiger partial charge in [-0.3, -0.25) is 19.3 Å². The molecule has 0 aliphatic heterocycles. The lowest BCUT2D eigenvalue weighted by atomic mass is 9.99. The van der Waals surface area contributed by atoms with Crippen LogP contribution in [-0.4, -0.2) is 62.8 Å². The molecule has 296 valence electrons. The zero-order chi connectivity index (χ0) is 37.8. The Balaban J connectivity index is 4.03. The summed E-state index contributed by atoms with van der Waals surface area (Å²) in [5, 5.41) is 0. The van der Waals surface area contributed by atoms with Gasteiger partial charge in [-0.05, 0) is 96.4 Å². The standard InChI is InChI=1S/C44H79NO6/c1-7-10-27-39(4)34-36-49-42(46)32-25-21-17-13-15-19-23-30-41(51-44(48)38-45(5)6)31-24-20-16-14-18-22-26-33-43(47)50-37-35-40(28-11-8-2)29-12-9-3/h28,39-41H,2,7,9-10,12-27,29-38H2,1,3-6H3. The molecule has 0 N–H and O–H groups in total. The minimum Gasteiger partial charge on any atom is -0.466 e. The monoisotopic (exact) mass is 718 g/mol. The Labute approximate surface area is 314 Å². The van der Waals surface area contributed by atoms with E-state index in [1.54, 1.807) is 0 Å². The van der Waals surface area contributed by atoms with Crippen LogP contribution in [-0.2, 0) is 28.6 Å². The fourth-order valence-corrected chi connectivity index (χ4v) is 6.29.